The first-order chi connectivity index (χ1) is 28.2. The van der Waals surface area contributed by atoms with Gasteiger partial charge in [0.05, 0.1) is 0 Å². The smallest absolute Gasteiger partial charge is 0.164 e. The van der Waals surface area contributed by atoms with Crippen molar-refractivity contribution in [3.05, 3.63) is 200 Å². The first kappa shape index (κ1) is 33.1. The van der Waals surface area contributed by atoms with E-state index >= 15 is 0 Å². The van der Waals surface area contributed by atoms with Crippen molar-refractivity contribution in [1.29, 1.82) is 0 Å². The number of nitrogens with zero attached hydrogens (tertiary/aromatic N) is 3. The lowest BCUT2D eigenvalue weighted by Crippen LogP contribution is -2.00. The highest BCUT2D eigenvalue weighted by molar-refractivity contribution is 7.25. The van der Waals surface area contributed by atoms with Crippen LogP contribution in [0.1, 0.15) is 0 Å². The molecule has 0 N–H and O–H groups in total. The zero-order valence-electron chi connectivity index (χ0n) is 30.8. The largest absolute Gasteiger partial charge is 0.208 e. The van der Waals surface area contributed by atoms with E-state index in [4.69, 9.17) is 15.0 Å². The van der Waals surface area contributed by atoms with Crippen molar-refractivity contribution in [2.75, 3.05) is 0 Å². The van der Waals surface area contributed by atoms with Gasteiger partial charge in [0.1, 0.15) is 0 Å². The molecule has 0 aliphatic rings. The van der Waals surface area contributed by atoms with Crippen LogP contribution in [0.15, 0.2) is 200 Å². The predicted octanol–water partition coefficient (Wildman–Crippen LogP) is 14.5. The molecule has 0 bridgehead atoms. The molecule has 0 saturated heterocycles. The Bertz CT molecular complexity index is 3300. The quantitative estimate of drug-likeness (QED) is 0.170. The molecular weight excluding hydrogens is 711 g/mol. The van der Waals surface area contributed by atoms with E-state index in [-0.39, 0.29) is 0 Å². The summed E-state index contributed by atoms with van der Waals surface area (Å²) < 4.78 is 2.57. The van der Waals surface area contributed by atoms with Gasteiger partial charge in [-0.05, 0) is 97.4 Å². The lowest BCUT2D eigenvalue weighted by atomic mass is 9.92. The van der Waals surface area contributed by atoms with Crippen molar-refractivity contribution < 1.29 is 0 Å². The van der Waals surface area contributed by atoms with Gasteiger partial charge in [0.25, 0.3) is 0 Å². The van der Waals surface area contributed by atoms with Gasteiger partial charge in [0, 0.05) is 36.9 Å². The lowest BCUT2D eigenvalue weighted by molar-refractivity contribution is 1.07. The highest BCUT2D eigenvalue weighted by Crippen LogP contribution is 2.43. The van der Waals surface area contributed by atoms with Gasteiger partial charge in [-0.25, -0.2) is 15.0 Å². The summed E-state index contributed by atoms with van der Waals surface area (Å²) in [6, 6.07) is 71.1. The summed E-state index contributed by atoms with van der Waals surface area (Å²) in [6.45, 7) is 0. The van der Waals surface area contributed by atoms with Crippen molar-refractivity contribution in [1.82, 2.24) is 15.0 Å². The van der Waals surface area contributed by atoms with Gasteiger partial charge in [0.15, 0.2) is 17.5 Å². The van der Waals surface area contributed by atoms with Crippen molar-refractivity contribution in [3.8, 4) is 67.5 Å². The molecule has 0 atom stereocenters. The van der Waals surface area contributed by atoms with Crippen LogP contribution < -0.4 is 0 Å². The molecule has 3 nitrogen and oxygen atoms in total. The molecule has 0 unspecified atom stereocenters. The summed E-state index contributed by atoms with van der Waals surface area (Å²) in [7, 11) is 0. The van der Waals surface area contributed by atoms with Gasteiger partial charge in [-0.2, -0.15) is 0 Å². The molecule has 0 amide bonds. The number of hydrogen-bond acceptors (Lipinski definition) is 4. The predicted molar refractivity (Wildman–Crippen MR) is 240 cm³/mol. The summed E-state index contributed by atoms with van der Waals surface area (Å²) in [5.41, 5.74) is 9.82. The minimum Gasteiger partial charge on any atom is -0.208 e. The van der Waals surface area contributed by atoms with Crippen molar-refractivity contribution in [2.24, 2.45) is 0 Å². The second-order valence-electron chi connectivity index (χ2n) is 14.4. The summed E-state index contributed by atoms with van der Waals surface area (Å²) in [4.78, 5) is 15.6. The zero-order chi connectivity index (χ0) is 37.7. The third-order valence-electron chi connectivity index (χ3n) is 10.9. The topological polar surface area (TPSA) is 38.7 Å². The van der Waals surface area contributed by atoms with Crippen LogP contribution in [-0.4, -0.2) is 15.0 Å². The van der Waals surface area contributed by atoms with Crippen LogP contribution in [0.3, 0.4) is 0 Å². The SMILES string of the molecule is c1ccc(-c2cc(-c3cccc(-c4nc(-c5ccccc5)nc(-c5cc(-c6cccc7sc8ccccc8c67)c6ccccc6c5)n4)c3)c3ccccc3c2)cc1. The molecule has 0 spiro atoms. The Morgan fingerprint density at radius 1 is 0.281 bits per heavy atom. The summed E-state index contributed by atoms with van der Waals surface area (Å²) in [6.07, 6.45) is 0. The third kappa shape index (κ3) is 5.95. The summed E-state index contributed by atoms with van der Waals surface area (Å²) >= 11 is 1.84. The van der Waals surface area contributed by atoms with Crippen LogP contribution in [0.5, 0.6) is 0 Å². The average Bonchev–Trinajstić information content (AvgIpc) is 3.68. The molecule has 0 fully saturated rings. The van der Waals surface area contributed by atoms with Gasteiger partial charge >= 0.3 is 0 Å². The molecular formula is C53H33N3S. The first-order valence-electron chi connectivity index (χ1n) is 19.2. The van der Waals surface area contributed by atoms with Crippen molar-refractivity contribution >= 4 is 53.1 Å². The Hall–Kier alpha value is -7.27. The Morgan fingerprint density at radius 3 is 1.54 bits per heavy atom. The van der Waals surface area contributed by atoms with E-state index in [0.29, 0.717) is 17.5 Å². The van der Waals surface area contributed by atoms with Gasteiger partial charge in [-0.15, -0.1) is 11.3 Å². The standard InChI is InChI=1S/C53H33N3S/c1-3-15-34(16-4-1)40-30-36-19-7-9-23-42(36)46(32-40)38-21-13-22-39(29-38)52-54-51(35-17-5-2-6-18-35)55-53(56-52)41-31-37-20-8-10-24-43(37)47(33-41)44-26-14-28-49-50(44)45-25-11-12-27-48(45)57-49/h1-33H. The number of benzene rings is 9. The van der Waals surface area contributed by atoms with Crippen LogP contribution in [0, 0.1) is 0 Å². The number of aromatic nitrogens is 3. The Morgan fingerprint density at radius 2 is 0.789 bits per heavy atom. The number of rotatable bonds is 6. The summed E-state index contributed by atoms with van der Waals surface area (Å²) in [5, 5.41) is 7.29. The van der Waals surface area contributed by atoms with Gasteiger partial charge in [0.2, 0.25) is 0 Å². The molecule has 9 aromatic carbocycles. The van der Waals surface area contributed by atoms with Crippen LogP contribution in [0.4, 0.5) is 0 Å². The van der Waals surface area contributed by atoms with E-state index in [9.17, 15) is 0 Å². The van der Waals surface area contributed by atoms with E-state index < -0.39 is 0 Å². The Balaban J connectivity index is 1.11. The fourth-order valence-corrected chi connectivity index (χ4v) is 9.32. The number of hydrogen-bond donors (Lipinski definition) is 0. The van der Waals surface area contributed by atoms with E-state index in [2.05, 4.69) is 182 Å². The number of fused-ring (bicyclic) bond motifs is 5. The van der Waals surface area contributed by atoms with Crippen LogP contribution in [-0.2, 0) is 0 Å². The molecule has 11 rings (SSSR count). The monoisotopic (exact) mass is 743 g/mol. The fraction of sp³-hybridized carbons (Fsp3) is 0. The van der Waals surface area contributed by atoms with Crippen molar-refractivity contribution in [2.45, 2.75) is 0 Å². The maximum absolute atomic E-state index is 5.29. The van der Waals surface area contributed by atoms with E-state index in [0.717, 1.165) is 33.2 Å². The first-order valence-corrected chi connectivity index (χ1v) is 20.0. The molecule has 11 aromatic rings. The maximum atomic E-state index is 5.29. The zero-order valence-corrected chi connectivity index (χ0v) is 31.6. The van der Waals surface area contributed by atoms with E-state index in [1.54, 1.807) is 0 Å². The highest BCUT2D eigenvalue weighted by atomic mass is 32.1. The van der Waals surface area contributed by atoms with Crippen LogP contribution >= 0.6 is 11.3 Å². The van der Waals surface area contributed by atoms with Gasteiger partial charge < -0.3 is 0 Å². The molecule has 0 aliphatic heterocycles. The van der Waals surface area contributed by atoms with Crippen LogP contribution in [0.2, 0.25) is 0 Å². The van der Waals surface area contributed by atoms with Crippen molar-refractivity contribution in [3.63, 3.8) is 0 Å². The molecule has 4 heteroatoms. The Kier molecular flexibility index (Phi) is 8.01. The highest BCUT2D eigenvalue weighted by Gasteiger charge is 2.18. The molecule has 266 valence electrons. The van der Waals surface area contributed by atoms with E-state index in [1.165, 1.54) is 58.6 Å². The van der Waals surface area contributed by atoms with E-state index in [1.807, 2.05) is 29.5 Å². The molecule has 0 aliphatic carbocycles. The average molecular weight is 744 g/mol. The second kappa shape index (κ2) is 13.8. The van der Waals surface area contributed by atoms with Gasteiger partial charge in [-0.3, -0.25) is 0 Å². The molecule has 0 saturated carbocycles. The maximum Gasteiger partial charge on any atom is 0.164 e. The molecule has 2 aromatic heterocycles. The lowest BCUT2D eigenvalue weighted by Gasteiger charge is -2.14. The van der Waals surface area contributed by atoms with Crippen LogP contribution in [0.25, 0.3) is 109 Å². The Labute approximate surface area is 334 Å². The molecule has 0 radical (unpaired) electrons. The van der Waals surface area contributed by atoms with Gasteiger partial charge in [-0.1, -0.05) is 158 Å². The number of thiophene rings is 1. The normalized spacial score (nSPS) is 11.5. The third-order valence-corrected chi connectivity index (χ3v) is 12.0. The molecule has 57 heavy (non-hydrogen) atoms. The minimum atomic E-state index is 0.630. The molecule has 2 heterocycles. The summed E-state index contributed by atoms with van der Waals surface area (Å²) in [5.74, 6) is 1.90. The minimum absolute atomic E-state index is 0.630. The fourth-order valence-electron chi connectivity index (χ4n) is 8.18. The second-order valence-corrected chi connectivity index (χ2v) is 15.5.